The second-order valence-electron chi connectivity index (χ2n) is 4.80. The maximum absolute atomic E-state index is 5.88. The quantitative estimate of drug-likeness (QED) is 0.857. The zero-order chi connectivity index (χ0) is 13.5. The smallest absolute Gasteiger partial charge is 0.119 e. The maximum atomic E-state index is 5.88. The van der Waals surface area contributed by atoms with E-state index in [-0.39, 0.29) is 0 Å². The third-order valence-electron chi connectivity index (χ3n) is 3.28. The molecule has 2 rings (SSSR count). The summed E-state index contributed by atoms with van der Waals surface area (Å²) in [6.07, 6.45) is 0.939. The van der Waals surface area contributed by atoms with E-state index < -0.39 is 0 Å². The average Bonchev–Trinajstić information content (AvgIpc) is 2.45. The number of hydrogen-bond donors (Lipinski definition) is 1. The highest BCUT2D eigenvalue weighted by Gasteiger charge is 2.09. The SMILES string of the molecule is Cc1cccc(C(CN)CCOc2ccccc2)c1. The standard InChI is InChI=1S/C17H21NO/c1-14-6-5-7-15(12-14)16(13-18)10-11-19-17-8-3-2-4-9-17/h2-9,12,16H,10-11,13,18H2,1H3. The predicted molar refractivity (Wildman–Crippen MR) is 79.5 cm³/mol. The molecule has 19 heavy (non-hydrogen) atoms. The second kappa shape index (κ2) is 6.95. The van der Waals surface area contributed by atoms with Crippen molar-refractivity contribution in [1.82, 2.24) is 0 Å². The molecule has 100 valence electrons. The summed E-state index contributed by atoms with van der Waals surface area (Å²) in [4.78, 5) is 0. The van der Waals surface area contributed by atoms with E-state index >= 15 is 0 Å². The van der Waals surface area contributed by atoms with Crippen LogP contribution >= 0.6 is 0 Å². The van der Waals surface area contributed by atoms with Gasteiger partial charge in [0.1, 0.15) is 5.75 Å². The number of benzene rings is 2. The van der Waals surface area contributed by atoms with E-state index in [4.69, 9.17) is 10.5 Å². The molecule has 0 aliphatic rings. The van der Waals surface area contributed by atoms with Crippen molar-refractivity contribution in [3.8, 4) is 5.75 Å². The van der Waals surface area contributed by atoms with E-state index in [0.717, 1.165) is 12.2 Å². The Kier molecular flexibility index (Phi) is 4.99. The molecule has 0 aliphatic heterocycles. The first-order valence-corrected chi connectivity index (χ1v) is 6.74. The van der Waals surface area contributed by atoms with Gasteiger partial charge in [0.2, 0.25) is 0 Å². The zero-order valence-electron chi connectivity index (χ0n) is 11.4. The first kappa shape index (κ1) is 13.6. The highest BCUT2D eigenvalue weighted by molar-refractivity contribution is 5.26. The molecule has 0 spiro atoms. The maximum Gasteiger partial charge on any atom is 0.119 e. The van der Waals surface area contributed by atoms with E-state index in [0.29, 0.717) is 19.1 Å². The molecule has 0 heterocycles. The van der Waals surface area contributed by atoms with E-state index in [9.17, 15) is 0 Å². The summed E-state index contributed by atoms with van der Waals surface area (Å²) < 4.78 is 5.73. The summed E-state index contributed by atoms with van der Waals surface area (Å²) in [7, 11) is 0. The van der Waals surface area contributed by atoms with Gasteiger partial charge in [-0.1, -0.05) is 48.0 Å². The van der Waals surface area contributed by atoms with Gasteiger partial charge in [-0.2, -0.15) is 0 Å². The molecule has 0 saturated carbocycles. The van der Waals surface area contributed by atoms with Gasteiger partial charge in [0.15, 0.2) is 0 Å². The molecule has 0 aliphatic carbocycles. The minimum atomic E-state index is 0.364. The Balaban J connectivity index is 1.89. The van der Waals surface area contributed by atoms with E-state index in [2.05, 4.69) is 31.2 Å². The highest BCUT2D eigenvalue weighted by atomic mass is 16.5. The first-order chi connectivity index (χ1) is 9.29. The zero-order valence-corrected chi connectivity index (χ0v) is 11.4. The lowest BCUT2D eigenvalue weighted by atomic mass is 9.95. The largest absolute Gasteiger partial charge is 0.494 e. The molecule has 2 heteroatoms. The van der Waals surface area contributed by atoms with Gasteiger partial charge in [-0.05, 0) is 43.5 Å². The lowest BCUT2D eigenvalue weighted by molar-refractivity contribution is 0.298. The van der Waals surface area contributed by atoms with Crippen LogP contribution in [-0.4, -0.2) is 13.2 Å². The highest BCUT2D eigenvalue weighted by Crippen LogP contribution is 2.20. The normalized spacial score (nSPS) is 12.1. The monoisotopic (exact) mass is 255 g/mol. The third-order valence-corrected chi connectivity index (χ3v) is 3.28. The molecule has 0 saturated heterocycles. The van der Waals surface area contributed by atoms with Crippen LogP contribution in [0.1, 0.15) is 23.5 Å². The lowest BCUT2D eigenvalue weighted by Gasteiger charge is -2.16. The molecule has 0 amide bonds. The Morgan fingerprint density at radius 3 is 2.53 bits per heavy atom. The minimum absolute atomic E-state index is 0.364. The number of hydrogen-bond acceptors (Lipinski definition) is 2. The van der Waals surface area contributed by atoms with Gasteiger partial charge in [0.05, 0.1) is 6.61 Å². The summed E-state index contributed by atoms with van der Waals surface area (Å²) in [5.41, 5.74) is 8.46. The van der Waals surface area contributed by atoms with Crippen molar-refractivity contribution < 1.29 is 4.74 Å². The fraction of sp³-hybridized carbons (Fsp3) is 0.294. The fourth-order valence-corrected chi connectivity index (χ4v) is 2.18. The van der Waals surface area contributed by atoms with Crippen molar-refractivity contribution in [3.05, 3.63) is 65.7 Å². The molecule has 0 fully saturated rings. The van der Waals surface area contributed by atoms with Crippen molar-refractivity contribution in [2.24, 2.45) is 5.73 Å². The molecule has 2 N–H and O–H groups in total. The molecular formula is C17H21NO. The van der Waals surface area contributed by atoms with Gasteiger partial charge in [-0.15, -0.1) is 0 Å². The van der Waals surface area contributed by atoms with E-state index in [1.54, 1.807) is 0 Å². The van der Waals surface area contributed by atoms with Crippen LogP contribution in [0, 0.1) is 6.92 Å². The summed E-state index contributed by atoms with van der Waals surface area (Å²) in [5, 5.41) is 0. The van der Waals surface area contributed by atoms with Crippen molar-refractivity contribution in [3.63, 3.8) is 0 Å². The molecule has 2 aromatic rings. The van der Waals surface area contributed by atoms with Crippen molar-refractivity contribution >= 4 is 0 Å². The second-order valence-corrected chi connectivity index (χ2v) is 4.80. The van der Waals surface area contributed by atoms with Crippen LogP contribution in [0.15, 0.2) is 54.6 Å². The van der Waals surface area contributed by atoms with Crippen molar-refractivity contribution in [2.45, 2.75) is 19.3 Å². The van der Waals surface area contributed by atoms with Gasteiger partial charge in [-0.3, -0.25) is 0 Å². The molecule has 2 aromatic carbocycles. The van der Waals surface area contributed by atoms with E-state index in [1.807, 2.05) is 30.3 Å². The van der Waals surface area contributed by atoms with Crippen LogP contribution in [0.25, 0.3) is 0 Å². The van der Waals surface area contributed by atoms with Crippen LogP contribution in [-0.2, 0) is 0 Å². The Hall–Kier alpha value is -1.80. The summed E-state index contributed by atoms with van der Waals surface area (Å²) in [6, 6.07) is 18.5. The summed E-state index contributed by atoms with van der Waals surface area (Å²) in [6.45, 7) is 3.46. The average molecular weight is 255 g/mol. The topological polar surface area (TPSA) is 35.2 Å². The van der Waals surface area contributed by atoms with Crippen LogP contribution < -0.4 is 10.5 Å². The first-order valence-electron chi connectivity index (χ1n) is 6.74. The Morgan fingerprint density at radius 1 is 1.05 bits per heavy atom. The van der Waals surface area contributed by atoms with E-state index in [1.165, 1.54) is 11.1 Å². The molecule has 1 unspecified atom stereocenters. The van der Waals surface area contributed by atoms with Crippen LogP contribution in [0.4, 0.5) is 0 Å². The Bertz CT molecular complexity index is 496. The number of nitrogens with two attached hydrogens (primary N) is 1. The molecule has 2 nitrogen and oxygen atoms in total. The van der Waals surface area contributed by atoms with Gasteiger partial charge < -0.3 is 10.5 Å². The number of rotatable bonds is 6. The fourth-order valence-electron chi connectivity index (χ4n) is 2.18. The number of aryl methyl sites for hydroxylation is 1. The Labute approximate surface area is 115 Å². The van der Waals surface area contributed by atoms with Crippen molar-refractivity contribution in [2.75, 3.05) is 13.2 Å². The van der Waals surface area contributed by atoms with Gasteiger partial charge in [0.25, 0.3) is 0 Å². The molecule has 0 bridgehead atoms. The molecular weight excluding hydrogens is 234 g/mol. The predicted octanol–water partition coefficient (Wildman–Crippen LogP) is 3.51. The van der Waals surface area contributed by atoms with Crippen LogP contribution in [0.2, 0.25) is 0 Å². The third kappa shape index (κ3) is 4.11. The summed E-state index contributed by atoms with van der Waals surface area (Å²) in [5.74, 6) is 1.28. The van der Waals surface area contributed by atoms with Gasteiger partial charge in [0, 0.05) is 0 Å². The van der Waals surface area contributed by atoms with Gasteiger partial charge >= 0.3 is 0 Å². The lowest BCUT2D eigenvalue weighted by Crippen LogP contribution is -2.15. The molecule has 1 atom stereocenters. The minimum Gasteiger partial charge on any atom is -0.494 e. The summed E-state index contributed by atoms with van der Waals surface area (Å²) >= 11 is 0. The van der Waals surface area contributed by atoms with Crippen molar-refractivity contribution in [1.29, 1.82) is 0 Å². The van der Waals surface area contributed by atoms with Crippen LogP contribution in [0.5, 0.6) is 5.75 Å². The number of ether oxygens (including phenoxy) is 1. The number of para-hydroxylation sites is 1. The Morgan fingerprint density at radius 2 is 1.84 bits per heavy atom. The van der Waals surface area contributed by atoms with Gasteiger partial charge in [-0.25, -0.2) is 0 Å². The molecule has 0 radical (unpaired) electrons. The van der Waals surface area contributed by atoms with Crippen LogP contribution in [0.3, 0.4) is 0 Å². The molecule has 0 aromatic heterocycles.